The molecule has 4 heteroatoms. The Bertz CT molecular complexity index is 718. The van der Waals surface area contributed by atoms with Crippen LogP contribution in [0.1, 0.15) is 106 Å². The highest BCUT2D eigenvalue weighted by atomic mass is 16.6. The Hall–Kier alpha value is -1.06. The van der Waals surface area contributed by atoms with Crippen molar-refractivity contribution in [1.82, 2.24) is 0 Å². The van der Waals surface area contributed by atoms with Gasteiger partial charge in [0.15, 0.2) is 0 Å². The molecule has 4 nitrogen and oxygen atoms in total. The van der Waals surface area contributed by atoms with Gasteiger partial charge in [-0.1, -0.05) is 34.1 Å². The first-order valence-corrected chi connectivity index (χ1v) is 12.9. The smallest absolute Gasteiger partial charge is 0.303 e. The van der Waals surface area contributed by atoms with Crippen LogP contribution in [0.2, 0.25) is 0 Å². The zero-order chi connectivity index (χ0) is 22.6. The molecule has 176 valence electrons. The first-order chi connectivity index (χ1) is 14.6. The van der Waals surface area contributed by atoms with Gasteiger partial charge in [0.1, 0.15) is 11.7 Å². The zero-order valence-corrected chi connectivity index (χ0v) is 20.7. The minimum atomic E-state index is -0.264. The molecule has 0 aromatic carbocycles. The van der Waals surface area contributed by atoms with Gasteiger partial charge in [-0.3, -0.25) is 9.59 Å². The Morgan fingerprint density at radius 2 is 1.65 bits per heavy atom. The van der Waals surface area contributed by atoms with Crippen molar-refractivity contribution in [2.24, 2.45) is 40.4 Å². The molecule has 0 saturated heterocycles. The molecule has 0 heterocycles. The van der Waals surface area contributed by atoms with Gasteiger partial charge in [-0.15, -0.1) is 0 Å². The lowest BCUT2D eigenvalue weighted by molar-refractivity contribution is -0.198. The van der Waals surface area contributed by atoms with E-state index in [9.17, 15) is 9.59 Å². The summed E-state index contributed by atoms with van der Waals surface area (Å²) in [5.74, 6) is 3.13. The lowest BCUT2D eigenvalue weighted by atomic mass is 9.42. The average molecular weight is 433 g/mol. The highest BCUT2D eigenvalue weighted by Crippen LogP contribution is 2.70. The molecule has 4 aliphatic carbocycles. The molecule has 4 fully saturated rings. The predicted molar refractivity (Wildman–Crippen MR) is 121 cm³/mol. The first kappa shape index (κ1) is 23.1. The van der Waals surface area contributed by atoms with Crippen molar-refractivity contribution in [1.29, 1.82) is 0 Å². The molecule has 4 aliphatic rings. The van der Waals surface area contributed by atoms with Crippen molar-refractivity contribution in [3.63, 3.8) is 0 Å². The summed E-state index contributed by atoms with van der Waals surface area (Å²) in [6.07, 6.45) is 11.4. The number of ether oxygens (including phenoxy) is 2. The number of fused-ring (bicyclic) bond motifs is 5. The van der Waals surface area contributed by atoms with Crippen molar-refractivity contribution in [2.75, 3.05) is 0 Å². The Labute approximate surface area is 189 Å². The molecule has 0 amide bonds. The Morgan fingerprint density at radius 1 is 0.935 bits per heavy atom. The van der Waals surface area contributed by atoms with Crippen molar-refractivity contribution in [3.05, 3.63) is 0 Å². The number of carbonyl (C=O) groups is 2. The number of hydrogen-bond acceptors (Lipinski definition) is 4. The van der Waals surface area contributed by atoms with Gasteiger partial charge in [0.25, 0.3) is 0 Å². The van der Waals surface area contributed by atoms with Crippen molar-refractivity contribution >= 4 is 11.9 Å². The van der Waals surface area contributed by atoms with Crippen molar-refractivity contribution in [3.8, 4) is 0 Å². The van der Waals surface area contributed by atoms with Crippen LogP contribution in [0.15, 0.2) is 0 Å². The van der Waals surface area contributed by atoms with Gasteiger partial charge < -0.3 is 9.47 Å². The summed E-state index contributed by atoms with van der Waals surface area (Å²) in [7, 11) is 0. The van der Waals surface area contributed by atoms with Gasteiger partial charge >= 0.3 is 11.9 Å². The van der Waals surface area contributed by atoms with E-state index in [1.807, 2.05) is 0 Å². The van der Waals surface area contributed by atoms with E-state index in [-0.39, 0.29) is 29.1 Å². The Kier molecular flexibility index (Phi) is 6.01. The van der Waals surface area contributed by atoms with Crippen LogP contribution in [0.25, 0.3) is 0 Å². The molecule has 0 N–H and O–H groups in total. The highest BCUT2D eigenvalue weighted by molar-refractivity contribution is 5.67. The molecule has 4 saturated carbocycles. The van der Waals surface area contributed by atoms with Crippen LogP contribution in [0, 0.1) is 40.4 Å². The summed E-state index contributed by atoms with van der Waals surface area (Å²) < 4.78 is 11.9. The standard InChI is InChI=1S/C27H44O4/c1-7-12-27(31-19(4)29)14-11-23-22-9-8-20-16-21(30-18(3)28)15-17(2)26(20,6)24(22)10-13-25(23,27)5/h17,20-24H,7-16H2,1-6H3/t17-,20-,21+,22-,23-,24-,25-,26-,27-/m0/s1. The van der Waals surface area contributed by atoms with Crippen LogP contribution >= 0.6 is 0 Å². The van der Waals surface area contributed by atoms with Gasteiger partial charge in [-0.05, 0) is 92.8 Å². The van der Waals surface area contributed by atoms with Gasteiger partial charge in [-0.25, -0.2) is 0 Å². The second kappa shape index (κ2) is 8.06. The van der Waals surface area contributed by atoms with E-state index < -0.39 is 0 Å². The van der Waals surface area contributed by atoms with Crippen LogP contribution in [0.4, 0.5) is 0 Å². The lowest BCUT2D eigenvalue weighted by Gasteiger charge is -2.63. The normalized spacial score (nSPS) is 48.8. The molecular weight excluding hydrogens is 388 g/mol. The number of esters is 2. The fourth-order valence-corrected chi connectivity index (χ4v) is 9.40. The third kappa shape index (κ3) is 3.46. The molecule has 0 bridgehead atoms. The summed E-state index contributed by atoms with van der Waals surface area (Å²) in [5, 5.41) is 0. The molecule has 0 aliphatic heterocycles. The Balaban J connectivity index is 1.60. The summed E-state index contributed by atoms with van der Waals surface area (Å²) in [4.78, 5) is 23.7. The maximum Gasteiger partial charge on any atom is 0.303 e. The highest BCUT2D eigenvalue weighted by Gasteiger charge is 2.66. The van der Waals surface area contributed by atoms with Gasteiger partial charge in [0, 0.05) is 19.3 Å². The molecule has 9 atom stereocenters. The van der Waals surface area contributed by atoms with E-state index in [4.69, 9.17) is 9.47 Å². The van der Waals surface area contributed by atoms with Gasteiger partial charge in [0.05, 0.1) is 0 Å². The third-order valence-corrected chi connectivity index (χ3v) is 10.8. The van der Waals surface area contributed by atoms with Crippen molar-refractivity contribution < 1.29 is 19.1 Å². The molecular formula is C27H44O4. The number of hydrogen-bond donors (Lipinski definition) is 0. The molecule has 0 spiro atoms. The number of rotatable bonds is 4. The van der Waals surface area contributed by atoms with Crippen LogP contribution in [-0.2, 0) is 19.1 Å². The summed E-state index contributed by atoms with van der Waals surface area (Å²) in [5.41, 5.74) is 0.176. The fraction of sp³-hybridized carbons (Fsp3) is 0.926. The lowest BCUT2D eigenvalue weighted by Crippen LogP contribution is -2.59. The van der Waals surface area contributed by atoms with Crippen LogP contribution in [0.5, 0.6) is 0 Å². The largest absolute Gasteiger partial charge is 0.463 e. The zero-order valence-electron chi connectivity index (χ0n) is 20.7. The maximum atomic E-state index is 12.1. The fourth-order valence-electron chi connectivity index (χ4n) is 9.40. The van der Waals surface area contributed by atoms with Crippen molar-refractivity contribution in [2.45, 2.75) is 117 Å². The maximum absolute atomic E-state index is 12.1. The van der Waals surface area contributed by atoms with E-state index in [0.717, 1.165) is 43.9 Å². The predicted octanol–water partition coefficient (Wildman–Crippen LogP) is 6.31. The monoisotopic (exact) mass is 432 g/mol. The second-order valence-corrected chi connectivity index (χ2v) is 12.0. The van der Waals surface area contributed by atoms with Crippen LogP contribution in [0.3, 0.4) is 0 Å². The summed E-state index contributed by atoms with van der Waals surface area (Å²) in [6, 6.07) is 0. The molecule has 4 rings (SSSR count). The van der Waals surface area contributed by atoms with Crippen LogP contribution in [-0.4, -0.2) is 23.6 Å². The molecule has 0 aromatic rings. The first-order valence-electron chi connectivity index (χ1n) is 12.9. The van der Waals surface area contributed by atoms with E-state index >= 15 is 0 Å². The van der Waals surface area contributed by atoms with E-state index in [2.05, 4.69) is 27.7 Å². The minimum absolute atomic E-state index is 0.101. The minimum Gasteiger partial charge on any atom is -0.463 e. The molecule has 0 radical (unpaired) electrons. The average Bonchev–Trinajstić information content (AvgIpc) is 2.94. The van der Waals surface area contributed by atoms with Gasteiger partial charge in [0.2, 0.25) is 0 Å². The Morgan fingerprint density at radius 3 is 2.29 bits per heavy atom. The second-order valence-electron chi connectivity index (χ2n) is 12.0. The third-order valence-electron chi connectivity index (χ3n) is 10.8. The van der Waals surface area contributed by atoms with E-state index in [1.54, 1.807) is 13.8 Å². The van der Waals surface area contributed by atoms with E-state index in [0.29, 0.717) is 23.2 Å². The summed E-state index contributed by atoms with van der Waals surface area (Å²) in [6.45, 7) is 12.8. The van der Waals surface area contributed by atoms with Crippen LogP contribution < -0.4 is 0 Å². The van der Waals surface area contributed by atoms with E-state index in [1.165, 1.54) is 32.1 Å². The number of carbonyl (C=O) groups excluding carboxylic acids is 2. The molecule has 0 unspecified atom stereocenters. The summed E-state index contributed by atoms with van der Waals surface area (Å²) >= 11 is 0. The topological polar surface area (TPSA) is 52.6 Å². The van der Waals surface area contributed by atoms with Gasteiger partial charge in [-0.2, -0.15) is 0 Å². The quantitative estimate of drug-likeness (QED) is 0.489. The SMILES string of the molecule is CCC[C@]1(OC(C)=O)CC[C@H]2[C@@H]3CC[C@H]4C[C@H](OC(C)=O)C[C@H](C)[C@]4(C)[C@H]3CC[C@@]21C. The molecule has 0 aromatic heterocycles. The molecule has 31 heavy (non-hydrogen) atoms.